The van der Waals surface area contributed by atoms with Crippen molar-refractivity contribution in [3.05, 3.63) is 0 Å². The van der Waals surface area contributed by atoms with Gasteiger partial charge in [0.05, 0.1) is 12.6 Å². The quantitative estimate of drug-likeness (QED) is 0.862. The van der Waals surface area contributed by atoms with Crippen LogP contribution in [0.4, 0.5) is 4.79 Å². The van der Waals surface area contributed by atoms with Crippen LogP contribution in [0.5, 0.6) is 0 Å². The number of rotatable bonds is 3. The third-order valence-electron chi connectivity index (χ3n) is 3.74. The zero-order valence-corrected chi connectivity index (χ0v) is 15.5. The van der Waals surface area contributed by atoms with E-state index in [1.807, 2.05) is 41.5 Å². The van der Waals surface area contributed by atoms with Crippen LogP contribution in [-0.2, 0) is 4.74 Å². The number of ether oxygens (including phenoxy) is 1. The lowest BCUT2D eigenvalue weighted by Crippen LogP contribution is -2.54. The highest BCUT2D eigenvalue weighted by Crippen LogP contribution is 2.20. The molecule has 6 heteroatoms. The highest BCUT2D eigenvalue weighted by Gasteiger charge is 2.34. The van der Waals surface area contributed by atoms with Gasteiger partial charge in [-0.1, -0.05) is 0 Å². The Hall–Kier alpha value is -1.32. The summed E-state index contributed by atoms with van der Waals surface area (Å²) in [5.74, 6) is 0. The second-order valence-electron chi connectivity index (χ2n) is 8.05. The van der Waals surface area contributed by atoms with Gasteiger partial charge in [0.2, 0.25) is 0 Å². The van der Waals surface area contributed by atoms with E-state index >= 15 is 0 Å². The lowest BCUT2D eigenvalue weighted by molar-refractivity contribution is 0.000960. The Morgan fingerprint density at radius 1 is 1.26 bits per heavy atom. The van der Waals surface area contributed by atoms with Crippen LogP contribution < -0.4 is 5.32 Å². The minimum Gasteiger partial charge on any atom is -0.444 e. The molecule has 1 heterocycles. The molecule has 1 atom stereocenters. The second kappa shape index (κ2) is 7.98. The molecule has 132 valence electrons. The zero-order chi connectivity index (χ0) is 17.7. The maximum atomic E-state index is 12.6. The standard InChI is InChI=1S/C17H32N4O2/c1-16(2,3)21(15(22)23-17(4,5)6)13-14(12-18)20-10-7-8-19-9-11-20/h14,19H,7-11,13H2,1-6H3. The first-order chi connectivity index (χ1) is 10.5. The van der Waals surface area contributed by atoms with Crippen LogP contribution in [0, 0.1) is 11.3 Å². The van der Waals surface area contributed by atoms with Gasteiger partial charge in [0, 0.05) is 25.2 Å². The average molecular weight is 324 g/mol. The average Bonchev–Trinajstić information content (AvgIpc) is 2.65. The molecule has 0 radical (unpaired) electrons. The Kier molecular flexibility index (Phi) is 6.84. The highest BCUT2D eigenvalue weighted by molar-refractivity contribution is 5.69. The zero-order valence-electron chi connectivity index (χ0n) is 15.5. The SMILES string of the molecule is CC(C)(C)OC(=O)N(CC(C#N)N1CCCNCC1)C(C)(C)C. The molecule has 1 aliphatic rings. The molecule has 0 saturated carbocycles. The topological polar surface area (TPSA) is 68.6 Å². The summed E-state index contributed by atoms with van der Waals surface area (Å²) in [7, 11) is 0. The van der Waals surface area contributed by atoms with E-state index in [9.17, 15) is 10.1 Å². The molecule has 1 rings (SSSR count). The number of nitriles is 1. The summed E-state index contributed by atoms with van der Waals surface area (Å²) in [4.78, 5) is 16.4. The van der Waals surface area contributed by atoms with Crippen LogP contribution in [-0.4, -0.2) is 65.8 Å². The first-order valence-electron chi connectivity index (χ1n) is 8.39. The van der Waals surface area contributed by atoms with Crippen molar-refractivity contribution < 1.29 is 9.53 Å². The molecule has 1 aliphatic heterocycles. The molecule has 0 aromatic carbocycles. The van der Waals surface area contributed by atoms with Crippen LogP contribution in [0.1, 0.15) is 48.0 Å². The number of hydrogen-bond acceptors (Lipinski definition) is 5. The third kappa shape index (κ3) is 6.76. The third-order valence-corrected chi connectivity index (χ3v) is 3.74. The maximum absolute atomic E-state index is 12.6. The predicted octanol–water partition coefficient (Wildman–Crippen LogP) is 2.21. The van der Waals surface area contributed by atoms with Crippen molar-refractivity contribution in [3.8, 4) is 6.07 Å². The molecule has 1 fully saturated rings. The Balaban J connectivity index is 2.86. The predicted molar refractivity (Wildman–Crippen MR) is 91.2 cm³/mol. The van der Waals surface area contributed by atoms with Gasteiger partial charge < -0.3 is 15.0 Å². The number of hydrogen-bond donors (Lipinski definition) is 1. The fourth-order valence-corrected chi connectivity index (χ4v) is 2.53. The summed E-state index contributed by atoms with van der Waals surface area (Å²) in [6, 6.07) is 2.05. The summed E-state index contributed by atoms with van der Waals surface area (Å²) in [6.45, 7) is 15.4. The molecular formula is C17H32N4O2. The number of carbonyl (C=O) groups excluding carboxylic acids is 1. The van der Waals surface area contributed by atoms with E-state index in [0.717, 1.165) is 32.6 Å². The summed E-state index contributed by atoms with van der Waals surface area (Å²) >= 11 is 0. The fourth-order valence-electron chi connectivity index (χ4n) is 2.53. The minimum atomic E-state index is -0.546. The van der Waals surface area contributed by atoms with Gasteiger partial charge in [-0.15, -0.1) is 0 Å². The molecule has 1 N–H and O–H groups in total. The van der Waals surface area contributed by atoms with Gasteiger partial charge in [0.15, 0.2) is 0 Å². The molecule has 0 aromatic heterocycles. The lowest BCUT2D eigenvalue weighted by atomic mass is 10.1. The van der Waals surface area contributed by atoms with E-state index in [1.54, 1.807) is 4.90 Å². The normalized spacial score (nSPS) is 18.7. The second-order valence-corrected chi connectivity index (χ2v) is 8.05. The van der Waals surface area contributed by atoms with E-state index < -0.39 is 11.1 Å². The van der Waals surface area contributed by atoms with Crippen LogP contribution in [0.15, 0.2) is 0 Å². The van der Waals surface area contributed by atoms with Crippen LogP contribution in [0.3, 0.4) is 0 Å². The van der Waals surface area contributed by atoms with Crippen molar-refractivity contribution in [1.29, 1.82) is 5.26 Å². The molecule has 1 saturated heterocycles. The Morgan fingerprint density at radius 3 is 2.43 bits per heavy atom. The number of nitrogens with zero attached hydrogens (tertiary/aromatic N) is 3. The molecule has 0 aliphatic carbocycles. The minimum absolute atomic E-state index is 0.318. The Labute approximate surface area is 140 Å². The van der Waals surface area contributed by atoms with E-state index in [-0.39, 0.29) is 12.1 Å². The number of nitrogens with one attached hydrogen (secondary N) is 1. The first-order valence-corrected chi connectivity index (χ1v) is 8.39. The Bertz CT molecular complexity index is 423. The maximum Gasteiger partial charge on any atom is 0.410 e. The Morgan fingerprint density at radius 2 is 1.91 bits per heavy atom. The highest BCUT2D eigenvalue weighted by atomic mass is 16.6. The molecule has 6 nitrogen and oxygen atoms in total. The smallest absolute Gasteiger partial charge is 0.410 e. The summed E-state index contributed by atoms with van der Waals surface area (Å²) in [5.41, 5.74) is -0.948. The van der Waals surface area contributed by atoms with Gasteiger partial charge >= 0.3 is 6.09 Å². The molecule has 0 aromatic rings. The molecule has 0 spiro atoms. The summed E-state index contributed by atoms with van der Waals surface area (Å²) < 4.78 is 5.53. The van der Waals surface area contributed by atoms with Crippen molar-refractivity contribution in [1.82, 2.24) is 15.1 Å². The van der Waals surface area contributed by atoms with Gasteiger partial charge in [-0.3, -0.25) is 4.90 Å². The molecular weight excluding hydrogens is 292 g/mol. The van der Waals surface area contributed by atoms with Crippen molar-refractivity contribution in [2.75, 3.05) is 32.7 Å². The molecule has 0 bridgehead atoms. The van der Waals surface area contributed by atoms with Gasteiger partial charge in [0.25, 0.3) is 0 Å². The first kappa shape index (κ1) is 19.7. The monoisotopic (exact) mass is 324 g/mol. The van der Waals surface area contributed by atoms with Crippen molar-refractivity contribution >= 4 is 6.09 Å². The van der Waals surface area contributed by atoms with Crippen molar-refractivity contribution in [3.63, 3.8) is 0 Å². The summed E-state index contributed by atoms with van der Waals surface area (Å²) in [5, 5.41) is 12.9. The van der Waals surface area contributed by atoms with E-state index in [1.165, 1.54) is 0 Å². The van der Waals surface area contributed by atoms with E-state index in [4.69, 9.17) is 4.74 Å². The number of amides is 1. The molecule has 1 amide bonds. The van der Waals surface area contributed by atoms with Crippen LogP contribution in [0.2, 0.25) is 0 Å². The van der Waals surface area contributed by atoms with Gasteiger partial charge in [0.1, 0.15) is 11.6 Å². The van der Waals surface area contributed by atoms with Crippen molar-refractivity contribution in [2.24, 2.45) is 0 Å². The fraction of sp³-hybridized carbons (Fsp3) is 0.882. The lowest BCUT2D eigenvalue weighted by Gasteiger charge is -2.39. The van der Waals surface area contributed by atoms with Crippen LogP contribution >= 0.6 is 0 Å². The molecule has 23 heavy (non-hydrogen) atoms. The largest absolute Gasteiger partial charge is 0.444 e. The van der Waals surface area contributed by atoms with Gasteiger partial charge in [-0.05, 0) is 54.5 Å². The van der Waals surface area contributed by atoms with Crippen molar-refractivity contribution in [2.45, 2.75) is 65.1 Å². The van der Waals surface area contributed by atoms with Gasteiger partial charge in [-0.2, -0.15) is 5.26 Å². The summed E-state index contributed by atoms with van der Waals surface area (Å²) in [6.07, 6.45) is 0.651. The van der Waals surface area contributed by atoms with Gasteiger partial charge in [-0.25, -0.2) is 4.79 Å². The van der Waals surface area contributed by atoms with Crippen LogP contribution in [0.25, 0.3) is 0 Å². The van der Waals surface area contributed by atoms with E-state index in [2.05, 4.69) is 16.3 Å². The molecule has 1 unspecified atom stereocenters. The number of carbonyl (C=O) groups is 1. The van der Waals surface area contributed by atoms with E-state index in [0.29, 0.717) is 6.54 Å².